The van der Waals surface area contributed by atoms with Gasteiger partial charge in [0, 0.05) is 45.3 Å². The van der Waals surface area contributed by atoms with Gasteiger partial charge in [0.25, 0.3) is 0 Å². The lowest BCUT2D eigenvalue weighted by Gasteiger charge is -2.29. The second-order valence-corrected chi connectivity index (χ2v) is 5.43. The van der Waals surface area contributed by atoms with E-state index in [4.69, 9.17) is 0 Å². The second-order valence-electron chi connectivity index (χ2n) is 5.43. The lowest BCUT2D eigenvalue weighted by Crippen LogP contribution is -2.45. The molecule has 1 aliphatic carbocycles. The number of hydrogen-bond acceptors (Lipinski definition) is 3. The number of likely N-dealkylation sites (tertiary alicyclic amines) is 1. The van der Waals surface area contributed by atoms with Crippen molar-refractivity contribution in [1.29, 1.82) is 0 Å². The second kappa shape index (κ2) is 4.40. The van der Waals surface area contributed by atoms with Crippen LogP contribution in [0.4, 0.5) is 0 Å². The quantitative estimate of drug-likeness (QED) is 0.725. The molecule has 0 amide bonds. The van der Waals surface area contributed by atoms with E-state index < -0.39 is 0 Å². The standard InChI is InChI=1S/C12H23N3/c1-2-12(1)15-6-3-11(10-15)9-14-7-4-13-5-8-14/h11-13H,1-10H2. The van der Waals surface area contributed by atoms with Crippen molar-refractivity contribution in [3.05, 3.63) is 0 Å². The van der Waals surface area contributed by atoms with Gasteiger partial charge in [-0.2, -0.15) is 0 Å². The molecule has 86 valence electrons. The third-order valence-corrected chi connectivity index (χ3v) is 4.11. The lowest BCUT2D eigenvalue weighted by molar-refractivity contribution is 0.202. The van der Waals surface area contributed by atoms with E-state index in [-0.39, 0.29) is 0 Å². The highest BCUT2D eigenvalue weighted by Crippen LogP contribution is 2.31. The maximum absolute atomic E-state index is 3.42. The highest BCUT2D eigenvalue weighted by atomic mass is 15.2. The molecule has 0 aromatic carbocycles. The van der Waals surface area contributed by atoms with Crippen molar-refractivity contribution in [2.24, 2.45) is 5.92 Å². The molecule has 1 N–H and O–H groups in total. The van der Waals surface area contributed by atoms with Gasteiger partial charge in [0.15, 0.2) is 0 Å². The Morgan fingerprint density at radius 1 is 1.00 bits per heavy atom. The zero-order chi connectivity index (χ0) is 10.1. The van der Waals surface area contributed by atoms with Crippen LogP contribution in [0.3, 0.4) is 0 Å². The summed E-state index contributed by atoms with van der Waals surface area (Å²) in [6.45, 7) is 9.03. The van der Waals surface area contributed by atoms with Crippen molar-refractivity contribution < 1.29 is 0 Å². The summed E-state index contributed by atoms with van der Waals surface area (Å²) in [5, 5.41) is 3.42. The van der Waals surface area contributed by atoms with E-state index in [0.717, 1.165) is 12.0 Å². The molecule has 3 aliphatic rings. The first-order valence-corrected chi connectivity index (χ1v) is 6.59. The summed E-state index contributed by atoms with van der Waals surface area (Å²) in [6, 6.07) is 0.984. The Labute approximate surface area is 92.8 Å². The van der Waals surface area contributed by atoms with Crippen LogP contribution < -0.4 is 5.32 Å². The predicted octanol–water partition coefficient (Wildman–Crippen LogP) is 0.376. The van der Waals surface area contributed by atoms with Crippen molar-refractivity contribution in [2.45, 2.75) is 25.3 Å². The number of piperazine rings is 1. The van der Waals surface area contributed by atoms with Gasteiger partial charge in [-0.25, -0.2) is 0 Å². The first kappa shape index (κ1) is 10.1. The van der Waals surface area contributed by atoms with E-state index >= 15 is 0 Å². The summed E-state index contributed by atoms with van der Waals surface area (Å²) in [4.78, 5) is 5.38. The van der Waals surface area contributed by atoms with Crippen LogP contribution in [-0.2, 0) is 0 Å². The van der Waals surface area contributed by atoms with Crippen LogP contribution in [-0.4, -0.2) is 61.7 Å². The molecule has 15 heavy (non-hydrogen) atoms. The molecule has 2 saturated heterocycles. The predicted molar refractivity (Wildman–Crippen MR) is 62.0 cm³/mol. The van der Waals surface area contributed by atoms with Crippen molar-refractivity contribution in [1.82, 2.24) is 15.1 Å². The minimum atomic E-state index is 0.962. The van der Waals surface area contributed by atoms with Gasteiger partial charge in [-0.05, 0) is 31.7 Å². The van der Waals surface area contributed by atoms with Crippen LogP contribution in [0, 0.1) is 5.92 Å². The minimum Gasteiger partial charge on any atom is -0.314 e. The molecule has 0 spiro atoms. The van der Waals surface area contributed by atoms with Gasteiger partial charge in [0.1, 0.15) is 0 Å². The number of nitrogens with zero attached hydrogens (tertiary/aromatic N) is 2. The van der Waals surface area contributed by atoms with Gasteiger partial charge in [-0.15, -0.1) is 0 Å². The average molecular weight is 209 g/mol. The number of hydrogen-bond donors (Lipinski definition) is 1. The van der Waals surface area contributed by atoms with Crippen molar-refractivity contribution in [3.8, 4) is 0 Å². The highest BCUT2D eigenvalue weighted by molar-refractivity contribution is 4.90. The summed E-state index contributed by atoms with van der Waals surface area (Å²) >= 11 is 0. The van der Waals surface area contributed by atoms with Gasteiger partial charge < -0.3 is 15.1 Å². The molecule has 0 aromatic heterocycles. The fraction of sp³-hybridized carbons (Fsp3) is 1.00. The molecule has 0 radical (unpaired) electrons. The largest absolute Gasteiger partial charge is 0.314 e. The summed E-state index contributed by atoms with van der Waals surface area (Å²) in [7, 11) is 0. The number of rotatable bonds is 3. The van der Waals surface area contributed by atoms with Crippen LogP contribution >= 0.6 is 0 Å². The third-order valence-electron chi connectivity index (χ3n) is 4.11. The summed E-state index contributed by atoms with van der Waals surface area (Å²) < 4.78 is 0. The van der Waals surface area contributed by atoms with E-state index in [2.05, 4.69) is 15.1 Å². The van der Waals surface area contributed by atoms with Crippen molar-refractivity contribution in [3.63, 3.8) is 0 Å². The van der Waals surface area contributed by atoms with Crippen LogP contribution in [0.25, 0.3) is 0 Å². The Kier molecular flexibility index (Phi) is 2.95. The van der Waals surface area contributed by atoms with Gasteiger partial charge >= 0.3 is 0 Å². The Bertz CT molecular complexity index is 209. The SMILES string of the molecule is C1CN(CC2CCN(C3CC3)C2)CCN1. The monoisotopic (exact) mass is 209 g/mol. The molecule has 2 heterocycles. The zero-order valence-corrected chi connectivity index (χ0v) is 9.62. The topological polar surface area (TPSA) is 18.5 Å². The molecule has 0 bridgehead atoms. The summed E-state index contributed by atoms with van der Waals surface area (Å²) in [5.74, 6) is 0.962. The molecular weight excluding hydrogens is 186 g/mol. The van der Waals surface area contributed by atoms with E-state index in [1.54, 1.807) is 0 Å². The fourth-order valence-electron chi connectivity index (χ4n) is 3.04. The van der Waals surface area contributed by atoms with E-state index in [1.807, 2.05) is 0 Å². The third kappa shape index (κ3) is 2.52. The fourth-order valence-corrected chi connectivity index (χ4v) is 3.04. The van der Waals surface area contributed by atoms with Crippen LogP contribution in [0.5, 0.6) is 0 Å². The lowest BCUT2D eigenvalue weighted by atomic mass is 10.1. The maximum Gasteiger partial charge on any atom is 0.0107 e. The molecule has 1 unspecified atom stereocenters. The first-order valence-electron chi connectivity index (χ1n) is 6.59. The minimum absolute atomic E-state index is 0.962. The van der Waals surface area contributed by atoms with Crippen LogP contribution in [0.2, 0.25) is 0 Å². The molecular formula is C12H23N3. The highest BCUT2D eigenvalue weighted by Gasteiger charge is 2.34. The summed E-state index contributed by atoms with van der Waals surface area (Å²) in [6.07, 6.45) is 4.39. The normalized spacial score (nSPS) is 34.8. The summed E-state index contributed by atoms with van der Waals surface area (Å²) in [5.41, 5.74) is 0. The van der Waals surface area contributed by atoms with E-state index in [0.29, 0.717) is 0 Å². The average Bonchev–Trinajstić information content (AvgIpc) is 3.02. The number of nitrogens with one attached hydrogen (secondary N) is 1. The van der Waals surface area contributed by atoms with E-state index in [1.165, 1.54) is 65.1 Å². The van der Waals surface area contributed by atoms with Crippen molar-refractivity contribution in [2.75, 3.05) is 45.8 Å². The van der Waals surface area contributed by atoms with Gasteiger partial charge in [-0.1, -0.05) is 0 Å². The molecule has 1 atom stereocenters. The van der Waals surface area contributed by atoms with Gasteiger partial charge in [0.2, 0.25) is 0 Å². The van der Waals surface area contributed by atoms with Crippen LogP contribution in [0.1, 0.15) is 19.3 Å². The molecule has 3 fully saturated rings. The Morgan fingerprint density at radius 3 is 2.53 bits per heavy atom. The Balaban J connectivity index is 1.43. The van der Waals surface area contributed by atoms with E-state index in [9.17, 15) is 0 Å². The van der Waals surface area contributed by atoms with Gasteiger partial charge in [0.05, 0.1) is 0 Å². The smallest absolute Gasteiger partial charge is 0.0107 e. The Morgan fingerprint density at radius 2 is 1.80 bits per heavy atom. The molecule has 2 aliphatic heterocycles. The van der Waals surface area contributed by atoms with Crippen LogP contribution in [0.15, 0.2) is 0 Å². The molecule has 3 heteroatoms. The molecule has 1 saturated carbocycles. The first-order chi connectivity index (χ1) is 7.42. The zero-order valence-electron chi connectivity index (χ0n) is 9.62. The maximum atomic E-state index is 3.42. The van der Waals surface area contributed by atoms with Crippen molar-refractivity contribution >= 4 is 0 Å². The molecule has 0 aromatic rings. The van der Waals surface area contributed by atoms with Gasteiger partial charge in [-0.3, -0.25) is 0 Å². The molecule has 3 rings (SSSR count). The molecule has 3 nitrogen and oxygen atoms in total. The Hall–Kier alpha value is -0.120.